The number of aromatic nitrogens is 1. The fraction of sp³-hybridized carbons (Fsp3) is 0.688. The van der Waals surface area contributed by atoms with Crippen LogP contribution in [0.4, 0.5) is 0 Å². The molecule has 2 saturated carbocycles. The van der Waals surface area contributed by atoms with E-state index in [-0.39, 0.29) is 0 Å². The van der Waals surface area contributed by atoms with E-state index in [0.29, 0.717) is 6.04 Å². The zero-order chi connectivity index (χ0) is 13.2. The predicted molar refractivity (Wildman–Crippen MR) is 81.9 cm³/mol. The average Bonchev–Trinajstić information content (AvgIpc) is 3.01. The Bertz CT molecular complexity index is 417. The molecule has 4 unspecified atom stereocenters. The minimum atomic E-state index is 0.433. The third-order valence-electron chi connectivity index (χ3n) is 4.98. The fourth-order valence-electron chi connectivity index (χ4n) is 4.12. The predicted octanol–water partition coefficient (Wildman–Crippen LogP) is 4.32. The van der Waals surface area contributed by atoms with E-state index < -0.39 is 0 Å². The Morgan fingerprint density at radius 3 is 2.84 bits per heavy atom. The molecule has 3 rings (SSSR count). The van der Waals surface area contributed by atoms with Crippen LogP contribution in [0.3, 0.4) is 0 Å². The van der Waals surface area contributed by atoms with Crippen molar-refractivity contribution in [1.29, 1.82) is 0 Å². The first kappa shape index (κ1) is 13.6. The maximum absolute atomic E-state index is 4.59. The number of pyridine rings is 1. The van der Waals surface area contributed by atoms with Crippen molar-refractivity contribution in [1.82, 2.24) is 10.3 Å². The SMILES string of the molecule is CCNC(CC1CC2CCC1C2)c1ccc(Br)cn1. The van der Waals surface area contributed by atoms with E-state index in [1.807, 2.05) is 6.20 Å². The van der Waals surface area contributed by atoms with Crippen molar-refractivity contribution in [2.75, 3.05) is 6.54 Å². The van der Waals surface area contributed by atoms with Gasteiger partial charge in [-0.2, -0.15) is 0 Å². The van der Waals surface area contributed by atoms with Gasteiger partial charge >= 0.3 is 0 Å². The highest BCUT2D eigenvalue weighted by Gasteiger charge is 2.40. The van der Waals surface area contributed by atoms with Gasteiger partial charge in [0.2, 0.25) is 0 Å². The van der Waals surface area contributed by atoms with E-state index in [0.717, 1.165) is 28.8 Å². The molecule has 2 nitrogen and oxygen atoms in total. The van der Waals surface area contributed by atoms with E-state index in [1.54, 1.807) is 0 Å². The first-order valence-electron chi connectivity index (χ1n) is 7.61. The summed E-state index contributed by atoms with van der Waals surface area (Å²) in [5.41, 5.74) is 1.20. The lowest BCUT2D eigenvalue weighted by Crippen LogP contribution is -2.26. The van der Waals surface area contributed by atoms with E-state index in [9.17, 15) is 0 Å². The van der Waals surface area contributed by atoms with Gasteiger partial charge in [-0.3, -0.25) is 4.98 Å². The van der Waals surface area contributed by atoms with Crippen molar-refractivity contribution in [2.24, 2.45) is 17.8 Å². The Balaban J connectivity index is 1.68. The van der Waals surface area contributed by atoms with Gasteiger partial charge in [0.25, 0.3) is 0 Å². The lowest BCUT2D eigenvalue weighted by molar-refractivity contribution is 0.278. The van der Waals surface area contributed by atoms with Gasteiger partial charge in [0, 0.05) is 16.7 Å². The zero-order valence-electron chi connectivity index (χ0n) is 11.6. The quantitative estimate of drug-likeness (QED) is 0.873. The van der Waals surface area contributed by atoms with E-state index in [4.69, 9.17) is 0 Å². The number of rotatable bonds is 5. The average molecular weight is 323 g/mol. The number of nitrogens with zero attached hydrogens (tertiary/aromatic N) is 1. The Labute approximate surface area is 124 Å². The number of fused-ring (bicyclic) bond motifs is 2. The fourth-order valence-corrected chi connectivity index (χ4v) is 4.35. The first-order valence-corrected chi connectivity index (χ1v) is 8.40. The van der Waals surface area contributed by atoms with Crippen LogP contribution in [0.25, 0.3) is 0 Å². The molecule has 2 bridgehead atoms. The standard InChI is InChI=1S/C16H23BrN2/c1-2-18-16(15-6-5-14(17)10-19-15)9-13-8-11-3-4-12(13)7-11/h5-6,10-13,16,18H,2-4,7-9H2,1H3. The van der Waals surface area contributed by atoms with Gasteiger partial charge in [0.15, 0.2) is 0 Å². The molecule has 0 aliphatic heterocycles. The van der Waals surface area contributed by atoms with Crippen molar-refractivity contribution in [2.45, 2.75) is 45.1 Å². The van der Waals surface area contributed by atoms with E-state index >= 15 is 0 Å². The molecule has 104 valence electrons. The molecular weight excluding hydrogens is 300 g/mol. The number of nitrogens with one attached hydrogen (secondary N) is 1. The van der Waals surface area contributed by atoms with Crippen LogP contribution in [0.15, 0.2) is 22.8 Å². The van der Waals surface area contributed by atoms with Crippen LogP contribution >= 0.6 is 15.9 Å². The van der Waals surface area contributed by atoms with Gasteiger partial charge in [-0.25, -0.2) is 0 Å². The molecule has 1 aromatic rings. The van der Waals surface area contributed by atoms with Crippen molar-refractivity contribution in [3.8, 4) is 0 Å². The van der Waals surface area contributed by atoms with Crippen LogP contribution in [0.5, 0.6) is 0 Å². The van der Waals surface area contributed by atoms with Gasteiger partial charge in [0.1, 0.15) is 0 Å². The molecule has 2 fully saturated rings. The Morgan fingerprint density at radius 1 is 1.37 bits per heavy atom. The van der Waals surface area contributed by atoms with Gasteiger partial charge in [-0.05, 0) is 78.0 Å². The van der Waals surface area contributed by atoms with Gasteiger partial charge in [-0.15, -0.1) is 0 Å². The minimum Gasteiger partial charge on any atom is -0.309 e. The summed E-state index contributed by atoms with van der Waals surface area (Å²) in [4.78, 5) is 4.59. The molecule has 1 heterocycles. The molecular formula is C16H23BrN2. The molecule has 0 saturated heterocycles. The monoisotopic (exact) mass is 322 g/mol. The van der Waals surface area contributed by atoms with Crippen LogP contribution in [0.1, 0.15) is 50.8 Å². The maximum Gasteiger partial charge on any atom is 0.0574 e. The molecule has 4 atom stereocenters. The normalized spacial score (nSPS) is 30.7. The number of halogens is 1. The summed E-state index contributed by atoms with van der Waals surface area (Å²) in [7, 11) is 0. The molecule has 0 spiro atoms. The van der Waals surface area contributed by atoms with Crippen LogP contribution in [-0.4, -0.2) is 11.5 Å². The largest absolute Gasteiger partial charge is 0.309 e. The maximum atomic E-state index is 4.59. The van der Waals surface area contributed by atoms with Crippen LogP contribution in [0, 0.1) is 17.8 Å². The molecule has 19 heavy (non-hydrogen) atoms. The Morgan fingerprint density at radius 2 is 2.26 bits per heavy atom. The van der Waals surface area contributed by atoms with Gasteiger partial charge < -0.3 is 5.32 Å². The third-order valence-corrected chi connectivity index (χ3v) is 5.45. The highest BCUT2D eigenvalue weighted by atomic mass is 79.9. The second kappa shape index (κ2) is 5.92. The third kappa shape index (κ3) is 3.03. The number of hydrogen-bond acceptors (Lipinski definition) is 2. The van der Waals surface area contributed by atoms with Crippen LogP contribution in [-0.2, 0) is 0 Å². The first-order chi connectivity index (χ1) is 9.26. The Hall–Kier alpha value is -0.410. The van der Waals surface area contributed by atoms with Crippen molar-refractivity contribution < 1.29 is 0 Å². The van der Waals surface area contributed by atoms with Crippen LogP contribution in [0.2, 0.25) is 0 Å². The smallest absolute Gasteiger partial charge is 0.0574 e. The Kier molecular flexibility index (Phi) is 4.23. The zero-order valence-corrected chi connectivity index (χ0v) is 13.2. The second-order valence-corrected chi connectivity index (χ2v) is 7.10. The molecule has 3 heteroatoms. The van der Waals surface area contributed by atoms with Crippen molar-refractivity contribution in [3.63, 3.8) is 0 Å². The van der Waals surface area contributed by atoms with Crippen LogP contribution < -0.4 is 5.32 Å². The van der Waals surface area contributed by atoms with Gasteiger partial charge in [-0.1, -0.05) is 13.3 Å². The molecule has 0 amide bonds. The molecule has 0 radical (unpaired) electrons. The molecule has 2 aliphatic carbocycles. The van der Waals surface area contributed by atoms with Crippen molar-refractivity contribution in [3.05, 3.63) is 28.5 Å². The molecule has 2 aliphatic rings. The van der Waals surface area contributed by atoms with Crippen molar-refractivity contribution >= 4 is 15.9 Å². The van der Waals surface area contributed by atoms with E-state index in [1.165, 1.54) is 37.8 Å². The second-order valence-electron chi connectivity index (χ2n) is 6.18. The summed E-state index contributed by atoms with van der Waals surface area (Å²) in [6.45, 7) is 3.20. The minimum absolute atomic E-state index is 0.433. The summed E-state index contributed by atoms with van der Waals surface area (Å²) < 4.78 is 1.06. The highest BCUT2D eigenvalue weighted by Crippen LogP contribution is 2.50. The molecule has 1 aromatic heterocycles. The summed E-state index contributed by atoms with van der Waals surface area (Å²) in [6, 6.07) is 4.69. The van der Waals surface area contributed by atoms with E-state index in [2.05, 4.69) is 45.3 Å². The summed E-state index contributed by atoms with van der Waals surface area (Å²) in [6.07, 6.45) is 9.11. The topological polar surface area (TPSA) is 24.9 Å². The lowest BCUT2D eigenvalue weighted by atomic mass is 9.83. The highest BCUT2D eigenvalue weighted by molar-refractivity contribution is 9.10. The number of hydrogen-bond donors (Lipinski definition) is 1. The summed E-state index contributed by atoms with van der Waals surface area (Å²) in [5, 5.41) is 3.63. The molecule has 1 N–H and O–H groups in total. The summed E-state index contributed by atoms with van der Waals surface area (Å²) >= 11 is 3.47. The summed E-state index contributed by atoms with van der Waals surface area (Å²) in [5.74, 6) is 2.96. The molecule has 0 aromatic carbocycles. The van der Waals surface area contributed by atoms with Gasteiger partial charge in [0.05, 0.1) is 5.69 Å². The lowest BCUT2D eigenvalue weighted by Gasteiger charge is -2.27.